The van der Waals surface area contributed by atoms with E-state index in [2.05, 4.69) is 6.92 Å². The molecular weight excluding hydrogens is 269 g/mol. The maximum absolute atomic E-state index is 5.41. The van der Waals surface area contributed by atoms with Gasteiger partial charge in [0.05, 0.1) is 0 Å². The van der Waals surface area contributed by atoms with E-state index in [-0.39, 0.29) is 10.1 Å². The van der Waals surface area contributed by atoms with E-state index in [1.807, 2.05) is 0 Å². The summed E-state index contributed by atoms with van der Waals surface area (Å²) in [6, 6.07) is 0. The Labute approximate surface area is 52.4 Å². The van der Waals surface area contributed by atoms with Crippen molar-refractivity contribution in [2.45, 2.75) is 10.9 Å². The molecule has 0 atom stereocenters. The molecule has 0 aromatic heterocycles. The number of halogens is 1. The Balaban J connectivity index is 0. The molecule has 0 radical (unpaired) electrons. The molecule has 0 heterocycles. The predicted octanol–water partition coefficient (Wildman–Crippen LogP) is 0.745. The van der Waals surface area contributed by atoms with Crippen LogP contribution >= 0.6 is 8.25 Å². The molecule has 0 saturated heterocycles. The fourth-order valence-corrected chi connectivity index (χ4v) is 0. The molecule has 0 amide bonds. The quantitative estimate of drug-likeness (QED) is 0.620. The van der Waals surface area contributed by atoms with Crippen LogP contribution in [0.4, 0.5) is 0 Å². The zero-order chi connectivity index (χ0) is 3.41. The third-order valence-electron chi connectivity index (χ3n) is 0.189. The van der Waals surface area contributed by atoms with Gasteiger partial charge in [-0.2, -0.15) is 0 Å². The molecule has 0 spiro atoms. The molecule has 0 aliphatic heterocycles. The van der Waals surface area contributed by atoms with Crippen LogP contribution in [0.3, 0.4) is 0 Å². The van der Waals surface area contributed by atoms with Gasteiger partial charge in [0.1, 0.15) is 0 Å². The second kappa shape index (κ2) is 9.04. The van der Waals surface area contributed by atoms with Crippen molar-refractivity contribution in [3.8, 4) is 0 Å². The van der Waals surface area contributed by atoms with Gasteiger partial charge < -0.3 is 0 Å². The molecule has 0 nitrogen and oxygen atoms in total. The average Bonchev–Trinajstić information content (AvgIpc) is 1.37. The first-order chi connectivity index (χ1) is 1.91. The Morgan fingerprint density at radius 2 is 2.00 bits per heavy atom. The van der Waals surface area contributed by atoms with Crippen molar-refractivity contribution in [1.29, 1.82) is 0 Å². The molecule has 26 valence electrons. The topological polar surface area (TPSA) is 0 Å². The second-order valence-corrected chi connectivity index (χ2v) is 9.36. The van der Waals surface area contributed by atoms with Gasteiger partial charge in [-0.15, -0.1) is 0 Å². The van der Waals surface area contributed by atoms with Crippen molar-refractivity contribution in [2.75, 3.05) is 0 Å². The average molecular weight is 276 g/mol. The van der Waals surface area contributed by atoms with Crippen molar-refractivity contribution in [2.24, 2.45) is 0 Å². The van der Waals surface area contributed by atoms with Crippen molar-refractivity contribution in [3.05, 3.63) is 0 Å². The van der Waals surface area contributed by atoms with Crippen LogP contribution in [0.15, 0.2) is 0 Å². The van der Waals surface area contributed by atoms with Crippen molar-refractivity contribution in [1.82, 2.24) is 0 Å². The van der Waals surface area contributed by atoms with Crippen LogP contribution in [0.1, 0.15) is 6.92 Å². The van der Waals surface area contributed by atoms with Crippen molar-refractivity contribution in [3.63, 3.8) is 0 Å². The van der Waals surface area contributed by atoms with Crippen LogP contribution in [0.5, 0.6) is 0 Å². The number of hydrogen-bond donors (Lipinski definition) is 0. The molecule has 0 aromatic carbocycles. The number of hydrogen-bond acceptors (Lipinski definition) is 0. The molecule has 0 aliphatic rings. The molecule has 0 rings (SSSR count). The SMILES string of the molecule is C[CH2][Hg][Cl].[BeH2]. The van der Waals surface area contributed by atoms with Gasteiger partial charge in [-0.25, -0.2) is 0 Å². The first-order valence-electron chi connectivity index (χ1n) is 1.47. The molecular formula is C2H7BeClHg. The predicted molar refractivity (Wildman–Crippen MR) is 24.9 cm³/mol. The van der Waals surface area contributed by atoms with E-state index in [4.69, 9.17) is 8.25 Å². The van der Waals surface area contributed by atoms with Gasteiger partial charge >= 0.3 is 52.6 Å². The van der Waals surface area contributed by atoms with Gasteiger partial charge in [-0.1, -0.05) is 0 Å². The van der Waals surface area contributed by atoms with E-state index < -0.39 is 23.3 Å². The number of rotatable bonds is 1. The maximum atomic E-state index is 5.41. The summed E-state index contributed by atoms with van der Waals surface area (Å²) >= 11 is -0.640. The van der Waals surface area contributed by atoms with Gasteiger partial charge in [-0.05, 0) is 0 Å². The van der Waals surface area contributed by atoms with Crippen LogP contribution in [0.25, 0.3) is 0 Å². The summed E-state index contributed by atoms with van der Waals surface area (Å²) in [6.45, 7) is 2.15. The van der Waals surface area contributed by atoms with Gasteiger partial charge in [0.25, 0.3) is 0 Å². The van der Waals surface area contributed by atoms with Crippen LogP contribution in [-0.2, 0) is 23.3 Å². The van der Waals surface area contributed by atoms with Crippen LogP contribution < -0.4 is 0 Å². The zero-order valence-electron chi connectivity index (χ0n) is 2.79. The van der Waals surface area contributed by atoms with E-state index in [0.717, 1.165) is 0 Å². The second-order valence-electron chi connectivity index (χ2n) is 0.689. The molecule has 0 bridgehead atoms. The summed E-state index contributed by atoms with van der Waals surface area (Å²) in [6.07, 6.45) is 0. The zero-order valence-corrected chi connectivity index (χ0v) is 9.05. The van der Waals surface area contributed by atoms with Crippen molar-refractivity contribution >= 4 is 18.4 Å². The molecule has 5 heavy (non-hydrogen) atoms. The van der Waals surface area contributed by atoms with Gasteiger partial charge in [0, 0.05) is 0 Å². The van der Waals surface area contributed by atoms with E-state index in [1.54, 1.807) is 0 Å². The van der Waals surface area contributed by atoms with E-state index in [1.165, 1.54) is 3.93 Å². The molecule has 3 heteroatoms. The first-order valence-corrected chi connectivity index (χ1v) is 12.1. The minimum absolute atomic E-state index is 0. The molecule has 0 N–H and O–H groups in total. The van der Waals surface area contributed by atoms with Gasteiger partial charge in [0.2, 0.25) is 0 Å². The summed E-state index contributed by atoms with van der Waals surface area (Å²) in [5, 5.41) is 0. The van der Waals surface area contributed by atoms with Gasteiger partial charge in [0.15, 0.2) is 0 Å². The van der Waals surface area contributed by atoms with E-state index >= 15 is 0 Å². The molecule has 0 fully saturated rings. The summed E-state index contributed by atoms with van der Waals surface area (Å²) in [5.41, 5.74) is 0. The molecule has 0 aromatic rings. The Morgan fingerprint density at radius 3 is 2.00 bits per heavy atom. The Hall–Kier alpha value is 1.39. The summed E-state index contributed by atoms with van der Waals surface area (Å²) in [5.74, 6) is 0. The Kier molecular flexibility index (Phi) is 17.4. The monoisotopic (exact) mass is 277 g/mol. The van der Waals surface area contributed by atoms with Gasteiger partial charge in [-0.3, -0.25) is 0 Å². The Bertz CT molecular complexity index is 11.6. The van der Waals surface area contributed by atoms with E-state index in [9.17, 15) is 0 Å². The molecule has 0 aliphatic carbocycles. The summed E-state index contributed by atoms with van der Waals surface area (Å²) in [4.78, 5) is 0. The molecule has 0 saturated carbocycles. The van der Waals surface area contributed by atoms with Crippen LogP contribution in [0, 0.1) is 0 Å². The third-order valence-corrected chi connectivity index (χ3v) is 4.97. The van der Waals surface area contributed by atoms with Crippen LogP contribution in [-0.4, -0.2) is 10.1 Å². The summed E-state index contributed by atoms with van der Waals surface area (Å²) < 4.78 is 1.31. The third kappa shape index (κ3) is 10.8. The standard InChI is InChI=1S/C2H5.Be.ClH.Hg.2H/c1-2;;;;;/h1H2,2H3;;1H;;;/q;;;+1;;/p-1. The fraction of sp³-hybridized carbons (Fsp3) is 1.00. The fourth-order valence-electron chi connectivity index (χ4n) is 0. The first kappa shape index (κ1) is 9.64. The van der Waals surface area contributed by atoms with Crippen LogP contribution in [0.2, 0.25) is 3.93 Å². The Morgan fingerprint density at radius 1 is 1.80 bits per heavy atom. The summed E-state index contributed by atoms with van der Waals surface area (Å²) in [7, 11) is 5.41. The van der Waals surface area contributed by atoms with Crippen molar-refractivity contribution < 1.29 is 23.3 Å². The van der Waals surface area contributed by atoms with E-state index in [0.29, 0.717) is 0 Å². The molecule has 0 unspecified atom stereocenters. The minimum atomic E-state index is -0.640. The normalized spacial score (nSPS) is 4.40.